The topological polar surface area (TPSA) is 26.0 Å². The van der Waals surface area contributed by atoms with E-state index in [0.717, 1.165) is 18.4 Å². The van der Waals surface area contributed by atoms with Crippen molar-refractivity contribution < 1.29 is 4.39 Å². The summed E-state index contributed by atoms with van der Waals surface area (Å²) in [5, 5.41) is 0.589. The van der Waals surface area contributed by atoms with Crippen LogP contribution in [0.5, 0.6) is 0 Å². The smallest absolute Gasteiger partial charge is 0.123 e. The minimum Gasteiger partial charge on any atom is -0.327 e. The molecule has 1 unspecified atom stereocenters. The first-order chi connectivity index (χ1) is 9.62. The van der Waals surface area contributed by atoms with Crippen LogP contribution in [0.4, 0.5) is 4.39 Å². The van der Waals surface area contributed by atoms with Crippen molar-refractivity contribution in [2.24, 2.45) is 5.73 Å². The monoisotopic (exact) mass is 289 g/mol. The molecule has 1 aliphatic rings. The predicted molar refractivity (Wildman–Crippen MR) is 80.4 cm³/mol. The molecule has 20 heavy (non-hydrogen) atoms. The zero-order valence-corrected chi connectivity index (χ0v) is 11.9. The van der Waals surface area contributed by atoms with Gasteiger partial charge < -0.3 is 5.73 Å². The largest absolute Gasteiger partial charge is 0.327 e. The van der Waals surface area contributed by atoms with Gasteiger partial charge in [-0.2, -0.15) is 0 Å². The van der Waals surface area contributed by atoms with Crippen molar-refractivity contribution in [3.63, 3.8) is 0 Å². The number of rotatable bonds is 4. The predicted octanol–water partition coefficient (Wildman–Crippen LogP) is 4.08. The van der Waals surface area contributed by atoms with E-state index in [1.165, 1.54) is 17.7 Å². The van der Waals surface area contributed by atoms with Gasteiger partial charge in [0.1, 0.15) is 5.82 Å². The van der Waals surface area contributed by atoms with E-state index in [1.54, 1.807) is 6.07 Å². The van der Waals surface area contributed by atoms with Crippen LogP contribution in [0.25, 0.3) is 0 Å². The maximum absolute atomic E-state index is 13.3. The fourth-order valence-electron chi connectivity index (χ4n) is 2.91. The van der Waals surface area contributed by atoms with Crippen molar-refractivity contribution in [2.45, 2.75) is 30.7 Å². The van der Waals surface area contributed by atoms with E-state index in [2.05, 4.69) is 12.1 Å². The Labute approximate surface area is 123 Å². The van der Waals surface area contributed by atoms with Crippen LogP contribution in [0.2, 0.25) is 5.02 Å². The van der Waals surface area contributed by atoms with Gasteiger partial charge in [-0.3, -0.25) is 0 Å². The molecule has 0 spiro atoms. The molecular formula is C17H17ClFN. The third-order valence-corrected chi connectivity index (χ3v) is 4.66. The van der Waals surface area contributed by atoms with Crippen LogP contribution in [0, 0.1) is 5.82 Å². The normalized spacial score (nSPS) is 17.8. The van der Waals surface area contributed by atoms with Crippen molar-refractivity contribution in [3.05, 3.63) is 70.5 Å². The van der Waals surface area contributed by atoms with Gasteiger partial charge in [-0.1, -0.05) is 41.9 Å². The van der Waals surface area contributed by atoms with Gasteiger partial charge >= 0.3 is 0 Å². The maximum atomic E-state index is 13.3. The van der Waals surface area contributed by atoms with E-state index in [-0.39, 0.29) is 17.3 Å². The SMILES string of the molecule is NC(Cc1cc(F)ccc1Cl)C1(c2ccccc2)CC1. The van der Waals surface area contributed by atoms with Gasteiger partial charge in [-0.25, -0.2) is 4.39 Å². The van der Waals surface area contributed by atoms with Gasteiger partial charge in [0.15, 0.2) is 0 Å². The highest BCUT2D eigenvalue weighted by Gasteiger charge is 2.48. The fraction of sp³-hybridized carbons (Fsp3) is 0.294. The van der Waals surface area contributed by atoms with Gasteiger partial charge in [0.05, 0.1) is 0 Å². The molecule has 0 heterocycles. The lowest BCUT2D eigenvalue weighted by atomic mass is 9.85. The molecule has 2 N–H and O–H groups in total. The summed E-state index contributed by atoms with van der Waals surface area (Å²) in [5.74, 6) is -0.263. The summed E-state index contributed by atoms with van der Waals surface area (Å²) in [6.45, 7) is 0. The lowest BCUT2D eigenvalue weighted by Gasteiger charge is -2.24. The van der Waals surface area contributed by atoms with Crippen LogP contribution in [-0.4, -0.2) is 6.04 Å². The molecule has 104 valence electrons. The zero-order valence-electron chi connectivity index (χ0n) is 11.2. The average molecular weight is 290 g/mol. The highest BCUT2D eigenvalue weighted by atomic mass is 35.5. The van der Waals surface area contributed by atoms with Crippen LogP contribution in [0.3, 0.4) is 0 Å². The minimum atomic E-state index is -0.263. The summed E-state index contributed by atoms with van der Waals surface area (Å²) < 4.78 is 13.3. The van der Waals surface area contributed by atoms with E-state index >= 15 is 0 Å². The number of halogens is 2. The maximum Gasteiger partial charge on any atom is 0.123 e. The number of benzene rings is 2. The summed E-state index contributed by atoms with van der Waals surface area (Å²) in [4.78, 5) is 0. The molecular weight excluding hydrogens is 273 g/mol. The molecule has 2 aromatic rings. The Hall–Kier alpha value is -1.38. The van der Waals surface area contributed by atoms with Crippen LogP contribution in [0.15, 0.2) is 48.5 Å². The van der Waals surface area contributed by atoms with Crippen LogP contribution in [-0.2, 0) is 11.8 Å². The Morgan fingerprint density at radius 3 is 2.50 bits per heavy atom. The second kappa shape index (κ2) is 5.19. The van der Waals surface area contributed by atoms with Crippen molar-refractivity contribution in [3.8, 4) is 0 Å². The third-order valence-electron chi connectivity index (χ3n) is 4.29. The van der Waals surface area contributed by atoms with Crippen molar-refractivity contribution >= 4 is 11.6 Å². The first-order valence-corrected chi connectivity index (χ1v) is 7.25. The van der Waals surface area contributed by atoms with E-state index < -0.39 is 0 Å². The van der Waals surface area contributed by atoms with Crippen molar-refractivity contribution in [2.75, 3.05) is 0 Å². The van der Waals surface area contributed by atoms with Gasteiger partial charge in [-0.05, 0) is 48.6 Å². The summed E-state index contributed by atoms with van der Waals surface area (Å²) in [6, 6.07) is 14.8. The third kappa shape index (κ3) is 2.46. The zero-order chi connectivity index (χ0) is 14.2. The molecule has 1 nitrogen and oxygen atoms in total. The molecule has 1 aliphatic carbocycles. The molecule has 0 aliphatic heterocycles. The molecule has 0 radical (unpaired) electrons. The lowest BCUT2D eigenvalue weighted by molar-refractivity contribution is 0.512. The molecule has 1 saturated carbocycles. The Kier molecular flexibility index (Phi) is 3.53. The standard InChI is InChI=1S/C17H17ClFN/c18-15-7-6-14(19)10-12(15)11-16(20)17(8-9-17)13-4-2-1-3-5-13/h1-7,10,16H,8-9,11,20H2. The Bertz CT molecular complexity index is 608. The molecule has 3 heteroatoms. The average Bonchev–Trinajstić information content (AvgIpc) is 3.25. The molecule has 0 amide bonds. The Morgan fingerprint density at radius 2 is 1.85 bits per heavy atom. The number of hydrogen-bond donors (Lipinski definition) is 1. The minimum absolute atomic E-state index is 0.0378. The van der Waals surface area contributed by atoms with E-state index in [0.29, 0.717) is 11.4 Å². The first-order valence-electron chi connectivity index (χ1n) is 6.87. The second-order valence-electron chi connectivity index (χ2n) is 5.57. The summed E-state index contributed by atoms with van der Waals surface area (Å²) in [6.07, 6.45) is 2.78. The van der Waals surface area contributed by atoms with Gasteiger partial charge in [0.2, 0.25) is 0 Å². The quantitative estimate of drug-likeness (QED) is 0.902. The van der Waals surface area contributed by atoms with E-state index in [1.807, 2.05) is 18.2 Å². The Morgan fingerprint density at radius 1 is 1.15 bits per heavy atom. The highest BCUT2D eigenvalue weighted by Crippen LogP contribution is 2.51. The number of hydrogen-bond acceptors (Lipinski definition) is 1. The molecule has 1 fully saturated rings. The fourth-order valence-corrected chi connectivity index (χ4v) is 3.11. The molecule has 0 saturated heterocycles. The molecule has 1 atom stereocenters. The van der Waals surface area contributed by atoms with Crippen molar-refractivity contribution in [1.29, 1.82) is 0 Å². The molecule has 3 rings (SSSR count). The second-order valence-corrected chi connectivity index (χ2v) is 5.98. The van der Waals surface area contributed by atoms with E-state index in [9.17, 15) is 4.39 Å². The molecule has 2 aromatic carbocycles. The van der Waals surface area contributed by atoms with Crippen molar-refractivity contribution in [1.82, 2.24) is 0 Å². The lowest BCUT2D eigenvalue weighted by Crippen LogP contribution is -2.36. The van der Waals surface area contributed by atoms with Crippen LogP contribution in [0.1, 0.15) is 24.0 Å². The van der Waals surface area contributed by atoms with Gasteiger partial charge in [0.25, 0.3) is 0 Å². The first kappa shape index (κ1) is 13.6. The van der Waals surface area contributed by atoms with E-state index in [4.69, 9.17) is 17.3 Å². The Balaban J connectivity index is 1.83. The van der Waals surface area contributed by atoms with Gasteiger partial charge in [-0.15, -0.1) is 0 Å². The van der Waals surface area contributed by atoms with Crippen LogP contribution >= 0.6 is 11.6 Å². The molecule has 0 aromatic heterocycles. The summed E-state index contributed by atoms with van der Waals surface area (Å²) in [7, 11) is 0. The number of nitrogens with two attached hydrogens (primary N) is 1. The van der Waals surface area contributed by atoms with Gasteiger partial charge in [0, 0.05) is 16.5 Å². The van der Waals surface area contributed by atoms with Crippen LogP contribution < -0.4 is 5.73 Å². The summed E-state index contributed by atoms with van der Waals surface area (Å²) in [5.41, 5.74) is 8.53. The molecule has 0 bridgehead atoms. The highest BCUT2D eigenvalue weighted by molar-refractivity contribution is 6.31. The summed E-state index contributed by atoms with van der Waals surface area (Å²) >= 11 is 6.13.